The summed E-state index contributed by atoms with van der Waals surface area (Å²) in [7, 11) is -3.56. The molecule has 0 bridgehead atoms. The highest BCUT2D eigenvalue weighted by molar-refractivity contribution is 7.89. The van der Waals surface area contributed by atoms with Crippen molar-refractivity contribution in [2.45, 2.75) is 25.2 Å². The Morgan fingerprint density at radius 2 is 2.05 bits per heavy atom. The van der Waals surface area contributed by atoms with E-state index in [-0.39, 0.29) is 17.3 Å². The largest absolute Gasteiger partial charge is 0.336 e. The molecule has 0 fully saturated rings. The summed E-state index contributed by atoms with van der Waals surface area (Å²) in [5.74, 6) is 0. The highest BCUT2D eigenvalue weighted by Gasteiger charge is 2.17. The van der Waals surface area contributed by atoms with Crippen molar-refractivity contribution in [1.29, 1.82) is 0 Å². The van der Waals surface area contributed by atoms with Gasteiger partial charge in [-0.3, -0.25) is 0 Å². The maximum absolute atomic E-state index is 12.1. The fraction of sp³-hybridized carbons (Fsp3) is 0.500. The summed E-state index contributed by atoms with van der Waals surface area (Å²) in [5.41, 5.74) is 1.06. The minimum absolute atomic E-state index is 0. The normalized spacial score (nSPS) is 11.5. The number of nitrogens with zero attached hydrogens (tertiary/aromatic N) is 2. The lowest BCUT2D eigenvalue weighted by atomic mass is 10.2. The topological polar surface area (TPSA) is 97.1 Å². The third kappa shape index (κ3) is 4.13. The Hall–Kier alpha value is -1.22. The van der Waals surface area contributed by atoms with Crippen molar-refractivity contribution in [2.24, 2.45) is 0 Å². The summed E-state index contributed by atoms with van der Waals surface area (Å²) < 4.78 is 31.8. The zero-order valence-electron chi connectivity index (χ0n) is 11.9. The van der Waals surface area contributed by atoms with Crippen molar-refractivity contribution in [2.75, 3.05) is 19.6 Å². The van der Waals surface area contributed by atoms with Crippen LogP contribution < -0.4 is 10.0 Å². The smallest absolute Gasteiger partial charge is 0.258 e. The van der Waals surface area contributed by atoms with E-state index in [1.807, 2.05) is 13.8 Å². The van der Waals surface area contributed by atoms with Gasteiger partial charge in [0.2, 0.25) is 10.0 Å². The van der Waals surface area contributed by atoms with Gasteiger partial charge in [0.05, 0.1) is 17.3 Å². The first kappa shape index (κ1) is 17.8. The van der Waals surface area contributed by atoms with Gasteiger partial charge in [-0.15, -0.1) is 12.4 Å². The van der Waals surface area contributed by atoms with E-state index in [0.717, 1.165) is 6.54 Å². The van der Waals surface area contributed by atoms with E-state index < -0.39 is 10.0 Å². The number of nitrogens with one attached hydrogen (secondary N) is 2. The van der Waals surface area contributed by atoms with Crippen LogP contribution in [0.3, 0.4) is 0 Å². The summed E-state index contributed by atoms with van der Waals surface area (Å²) in [4.78, 5) is 4.12. The third-order valence-corrected chi connectivity index (χ3v) is 4.30. The Morgan fingerprint density at radius 3 is 2.71 bits per heavy atom. The quantitative estimate of drug-likeness (QED) is 0.736. The van der Waals surface area contributed by atoms with Gasteiger partial charge >= 0.3 is 0 Å². The van der Waals surface area contributed by atoms with E-state index in [1.165, 1.54) is 6.20 Å². The molecule has 0 saturated carbocycles. The zero-order valence-corrected chi connectivity index (χ0v) is 13.6. The van der Waals surface area contributed by atoms with Crippen molar-refractivity contribution in [1.82, 2.24) is 20.2 Å². The number of halogens is 1. The zero-order chi connectivity index (χ0) is 14.6. The lowest BCUT2D eigenvalue weighted by Crippen LogP contribution is -2.31. The van der Waals surface area contributed by atoms with Gasteiger partial charge in [-0.05, 0) is 19.0 Å². The Balaban J connectivity index is 0.00000220. The average Bonchev–Trinajstić information content (AvgIpc) is 2.85. The molecule has 21 heavy (non-hydrogen) atoms. The average molecular weight is 335 g/mol. The molecule has 2 aromatic heterocycles. The predicted molar refractivity (Wildman–Crippen MR) is 82.2 cm³/mol. The minimum Gasteiger partial charge on any atom is -0.336 e. The van der Waals surface area contributed by atoms with Crippen molar-refractivity contribution in [3.8, 4) is 0 Å². The van der Waals surface area contributed by atoms with Crippen molar-refractivity contribution >= 4 is 33.5 Å². The van der Waals surface area contributed by atoms with Crippen molar-refractivity contribution in [3.05, 3.63) is 18.0 Å². The van der Waals surface area contributed by atoms with Gasteiger partial charge in [-0.1, -0.05) is 19.0 Å². The first-order valence-corrected chi connectivity index (χ1v) is 8.01. The van der Waals surface area contributed by atoms with Crippen LogP contribution in [0.2, 0.25) is 0 Å². The molecule has 118 valence electrons. The Kier molecular flexibility index (Phi) is 6.53. The number of pyridine rings is 1. The molecule has 0 aliphatic carbocycles. The standard InChI is InChI=1S/C12H18N4O3S.ClH/c1-3-11-10-7-9(8-14-12(10)19-16-11)20(17,18)15-6-5-13-4-2;/h7-8,13,15H,3-6H2,1-2H3;1H. The number of fused-ring (bicyclic) bond motifs is 1. The Morgan fingerprint density at radius 1 is 1.29 bits per heavy atom. The number of aromatic nitrogens is 2. The summed E-state index contributed by atoms with van der Waals surface area (Å²) in [5, 5.41) is 7.55. The van der Waals surface area contributed by atoms with Crippen LogP contribution in [-0.4, -0.2) is 38.2 Å². The number of rotatable bonds is 7. The Bertz CT molecular complexity index is 687. The van der Waals surface area contributed by atoms with Crippen LogP contribution in [0.15, 0.2) is 21.7 Å². The van der Waals surface area contributed by atoms with E-state index in [4.69, 9.17) is 4.52 Å². The van der Waals surface area contributed by atoms with E-state index >= 15 is 0 Å². The second-order valence-electron chi connectivity index (χ2n) is 4.26. The monoisotopic (exact) mass is 334 g/mol. The molecule has 0 amide bonds. The van der Waals surface area contributed by atoms with E-state index in [9.17, 15) is 8.42 Å². The summed E-state index contributed by atoms with van der Waals surface area (Å²) in [6.07, 6.45) is 1.94. The van der Waals surface area contributed by atoms with Gasteiger partial charge in [-0.25, -0.2) is 18.1 Å². The lowest BCUT2D eigenvalue weighted by molar-refractivity contribution is 0.439. The van der Waals surface area contributed by atoms with Crippen LogP contribution in [0.5, 0.6) is 0 Å². The van der Waals surface area contributed by atoms with E-state index in [2.05, 4.69) is 20.2 Å². The molecule has 2 heterocycles. The molecule has 0 aliphatic rings. The maximum atomic E-state index is 12.1. The molecular weight excluding hydrogens is 316 g/mol. The second kappa shape index (κ2) is 7.69. The second-order valence-corrected chi connectivity index (χ2v) is 6.02. The molecule has 2 rings (SSSR count). The van der Waals surface area contributed by atoms with Gasteiger partial charge in [-0.2, -0.15) is 0 Å². The molecule has 9 heteroatoms. The van der Waals surface area contributed by atoms with Crippen LogP contribution in [0.25, 0.3) is 11.1 Å². The SMILES string of the molecule is CCNCCNS(=O)(=O)c1cnc2onc(CC)c2c1.Cl. The molecule has 0 spiro atoms. The number of aryl methyl sites for hydroxylation is 1. The number of likely N-dealkylation sites (N-methyl/N-ethyl adjacent to an activating group) is 1. The molecule has 0 atom stereocenters. The molecule has 0 saturated heterocycles. The number of sulfonamides is 1. The molecule has 0 radical (unpaired) electrons. The van der Waals surface area contributed by atoms with Gasteiger partial charge < -0.3 is 9.84 Å². The van der Waals surface area contributed by atoms with Crippen molar-refractivity contribution in [3.63, 3.8) is 0 Å². The summed E-state index contributed by atoms with van der Waals surface area (Å²) in [6, 6.07) is 1.55. The van der Waals surface area contributed by atoms with Crippen LogP contribution in [0.4, 0.5) is 0 Å². The van der Waals surface area contributed by atoms with Crippen molar-refractivity contribution < 1.29 is 12.9 Å². The summed E-state index contributed by atoms with van der Waals surface area (Å²) >= 11 is 0. The summed E-state index contributed by atoms with van der Waals surface area (Å²) in [6.45, 7) is 5.60. The van der Waals surface area contributed by atoms with Crippen LogP contribution in [-0.2, 0) is 16.4 Å². The molecule has 0 aromatic carbocycles. The van der Waals surface area contributed by atoms with Gasteiger partial charge in [0, 0.05) is 13.1 Å². The number of hydrogen-bond donors (Lipinski definition) is 2. The van der Waals surface area contributed by atoms with Crippen LogP contribution in [0.1, 0.15) is 19.5 Å². The predicted octanol–water partition coefficient (Wildman–Crippen LogP) is 1.09. The molecule has 0 aliphatic heterocycles. The first-order valence-electron chi connectivity index (χ1n) is 6.53. The molecule has 2 N–H and O–H groups in total. The molecule has 7 nitrogen and oxygen atoms in total. The highest BCUT2D eigenvalue weighted by atomic mass is 35.5. The van der Waals surface area contributed by atoms with Gasteiger partial charge in [0.15, 0.2) is 0 Å². The fourth-order valence-electron chi connectivity index (χ4n) is 1.80. The van der Waals surface area contributed by atoms with Gasteiger partial charge in [0.25, 0.3) is 5.71 Å². The van der Waals surface area contributed by atoms with E-state index in [1.54, 1.807) is 6.07 Å². The highest BCUT2D eigenvalue weighted by Crippen LogP contribution is 2.20. The maximum Gasteiger partial charge on any atom is 0.258 e. The fourth-order valence-corrected chi connectivity index (χ4v) is 2.80. The third-order valence-electron chi connectivity index (χ3n) is 2.87. The number of hydrogen-bond acceptors (Lipinski definition) is 6. The first-order chi connectivity index (χ1) is 9.58. The van der Waals surface area contributed by atoms with E-state index in [0.29, 0.717) is 36.3 Å². The van der Waals surface area contributed by atoms with Crippen LogP contribution in [0, 0.1) is 0 Å². The van der Waals surface area contributed by atoms with Gasteiger partial charge in [0.1, 0.15) is 4.90 Å². The molecule has 2 aromatic rings. The minimum atomic E-state index is -3.56. The Labute approximate surface area is 130 Å². The van der Waals surface area contributed by atoms with Crippen LogP contribution >= 0.6 is 12.4 Å². The lowest BCUT2D eigenvalue weighted by Gasteiger charge is -2.06. The molecular formula is C12H19ClN4O3S. The molecule has 0 unspecified atom stereocenters.